The lowest BCUT2D eigenvalue weighted by Crippen LogP contribution is -2.20. The van der Waals surface area contributed by atoms with E-state index in [0.717, 1.165) is 29.4 Å². The average molecular weight is 274 g/mol. The fraction of sp³-hybridized carbons (Fsp3) is 0.500. The highest BCUT2D eigenvalue weighted by Gasteiger charge is 2.25. The van der Waals surface area contributed by atoms with Gasteiger partial charge in [-0.15, -0.1) is 11.3 Å². The van der Waals surface area contributed by atoms with Gasteiger partial charge in [0.15, 0.2) is 10.8 Å². The van der Waals surface area contributed by atoms with Gasteiger partial charge in [0.05, 0.1) is 5.69 Å². The Hall–Kier alpha value is -1.33. The molecule has 1 N–H and O–H groups in total. The van der Waals surface area contributed by atoms with Crippen molar-refractivity contribution < 1.29 is 0 Å². The molecule has 0 fully saturated rings. The molecule has 0 radical (unpaired) electrons. The Kier molecular flexibility index (Phi) is 3.57. The van der Waals surface area contributed by atoms with Gasteiger partial charge in [0.1, 0.15) is 0 Å². The number of nitrogens with zero attached hydrogens (tertiary/aromatic N) is 3. The molecule has 0 saturated heterocycles. The fourth-order valence-corrected chi connectivity index (χ4v) is 3.69. The first kappa shape index (κ1) is 12.7. The molecule has 19 heavy (non-hydrogen) atoms. The van der Waals surface area contributed by atoms with Crippen LogP contribution in [0.4, 0.5) is 0 Å². The highest BCUT2D eigenvalue weighted by atomic mass is 32.1. The third-order valence-corrected chi connectivity index (χ3v) is 4.62. The van der Waals surface area contributed by atoms with Crippen LogP contribution in [0.25, 0.3) is 10.8 Å². The summed E-state index contributed by atoms with van der Waals surface area (Å²) in [5.74, 6) is 1.30. The van der Waals surface area contributed by atoms with Crippen LogP contribution in [-0.2, 0) is 6.42 Å². The third-order valence-electron chi connectivity index (χ3n) is 3.49. The number of nitrogens with one attached hydrogen (secondary N) is 1. The van der Waals surface area contributed by atoms with Gasteiger partial charge in [0.2, 0.25) is 0 Å². The molecular formula is C14H18N4S. The summed E-state index contributed by atoms with van der Waals surface area (Å²) in [5.41, 5.74) is 2.35. The van der Waals surface area contributed by atoms with Crippen LogP contribution in [-0.4, -0.2) is 28.5 Å². The highest BCUT2D eigenvalue weighted by Crippen LogP contribution is 2.36. The van der Waals surface area contributed by atoms with E-state index in [0.29, 0.717) is 5.92 Å². The zero-order valence-electron chi connectivity index (χ0n) is 11.3. The summed E-state index contributed by atoms with van der Waals surface area (Å²) < 4.78 is 0. The van der Waals surface area contributed by atoms with E-state index in [1.54, 1.807) is 11.3 Å². The molecule has 0 saturated carbocycles. The number of hydrogen-bond donors (Lipinski definition) is 1. The van der Waals surface area contributed by atoms with E-state index in [9.17, 15) is 0 Å². The minimum absolute atomic E-state index is 0.546. The van der Waals surface area contributed by atoms with Gasteiger partial charge in [0.25, 0.3) is 0 Å². The van der Waals surface area contributed by atoms with Crippen molar-refractivity contribution in [2.45, 2.75) is 32.1 Å². The summed E-state index contributed by atoms with van der Waals surface area (Å²) in [4.78, 5) is 15.0. The Morgan fingerprint density at radius 1 is 1.37 bits per heavy atom. The predicted octanol–water partition coefficient (Wildman–Crippen LogP) is 2.55. The van der Waals surface area contributed by atoms with Gasteiger partial charge < -0.3 is 5.32 Å². The Balaban J connectivity index is 1.95. The first-order chi connectivity index (χ1) is 9.28. The van der Waals surface area contributed by atoms with Crippen molar-refractivity contribution in [3.05, 3.63) is 28.5 Å². The van der Waals surface area contributed by atoms with Crippen molar-refractivity contribution in [1.29, 1.82) is 0 Å². The van der Waals surface area contributed by atoms with Crippen LogP contribution in [0.1, 0.15) is 34.9 Å². The quantitative estimate of drug-likeness (QED) is 0.934. The van der Waals surface area contributed by atoms with E-state index in [-0.39, 0.29) is 0 Å². The Morgan fingerprint density at radius 3 is 2.89 bits per heavy atom. The second kappa shape index (κ2) is 5.35. The zero-order valence-corrected chi connectivity index (χ0v) is 12.1. The molecule has 4 nitrogen and oxygen atoms in total. The predicted molar refractivity (Wildman–Crippen MR) is 77.5 cm³/mol. The van der Waals surface area contributed by atoms with Crippen LogP contribution in [0.5, 0.6) is 0 Å². The van der Waals surface area contributed by atoms with E-state index >= 15 is 0 Å². The van der Waals surface area contributed by atoms with E-state index in [1.807, 2.05) is 26.4 Å². The Morgan fingerprint density at radius 2 is 2.16 bits per heavy atom. The molecule has 0 amide bonds. The van der Waals surface area contributed by atoms with Crippen molar-refractivity contribution in [1.82, 2.24) is 20.3 Å². The van der Waals surface area contributed by atoms with Crippen LogP contribution >= 0.6 is 11.3 Å². The molecule has 2 aromatic rings. The summed E-state index contributed by atoms with van der Waals surface area (Å²) in [7, 11) is 2.00. The summed E-state index contributed by atoms with van der Waals surface area (Å²) in [6.07, 6.45) is 7.35. The topological polar surface area (TPSA) is 50.7 Å². The molecule has 0 bridgehead atoms. The minimum atomic E-state index is 0.546. The van der Waals surface area contributed by atoms with Gasteiger partial charge in [-0.25, -0.2) is 15.0 Å². The smallest absolute Gasteiger partial charge is 0.188 e. The number of rotatable bonds is 3. The van der Waals surface area contributed by atoms with Crippen LogP contribution in [0.2, 0.25) is 0 Å². The van der Waals surface area contributed by atoms with Crippen molar-refractivity contribution in [3.63, 3.8) is 0 Å². The summed E-state index contributed by atoms with van der Waals surface area (Å²) in [6.45, 7) is 3.00. The maximum Gasteiger partial charge on any atom is 0.188 e. The molecule has 0 aromatic carbocycles. The van der Waals surface area contributed by atoms with Gasteiger partial charge in [-0.3, -0.25) is 0 Å². The normalized spacial score (nSPS) is 18.3. The largest absolute Gasteiger partial charge is 0.319 e. The number of aryl methyl sites for hydroxylation is 2. The molecule has 1 unspecified atom stereocenters. The lowest BCUT2D eigenvalue weighted by atomic mass is 9.91. The second-order valence-corrected chi connectivity index (χ2v) is 6.14. The summed E-state index contributed by atoms with van der Waals surface area (Å²) in [5, 5.41) is 4.23. The highest BCUT2D eigenvalue weighted by molar-refractivity contribution is 7.15. The minimum Gasteiger partial charge on any atom is -0.319 e. The molecular weight excluding hydrogens is 256 g/mol. The maximum absolute atomic E-state index is 4.80. The molecule has 1 aliphatic rings. The first-order valence-electron chi connectivity index (χ1n) is 6.71. The molecule has 3 rings (SSSR count). The average Bonchev–Trinajstić information content (AvgIpc) is 2.85. The fourth-order valence-electron chi connectivity index (χ4n) is 2.55. The molecule has 1 aliphatic carbocycles. The van der Waals surface area contributed by atoms with Crippen LogP contribution in [0.3, 0.4) is 0 Å². The molecule has 5 heteroatoms. The summed E-state index contributed by atoms with van der Waals surface area (Å²) >= 11 is 1.76. The number of aromatic nitrogens is 3. The Labute approximate surface area is 117 Å². The second-order valence-electron chi connectivity index (χ2n) is 5.06. The van der Waals surface area contributed by atoms with Crippen LogP contribution < -0.4 is 5.32 Å². The maximum atomic E-state index is 4.80. The summed E-state index contributed by atoms with van der Waals surface area (Å²) in [6, 6.07) is 0. The van der Waals surface area contributed by atoms with Gasteiger partial charge in [0, 0.05) is 29.7 Å². The number of hydrogen-bond acceptors (Lipinski definition) is 5. The van der Waals surface area contributed by atoms with Gasteiger partial charge in [-0.05, 0) is 38.8 Å². The van der Waals surface area contributed by atoms with Crippen molar-refractivity contribution in [2.75, 3.05) is 13.6 Å². The van der Waals surface area contributed by atoms with E-state index in [1.165, 1.54) is 23.4 Å². The SMILES string of the molecule is CNCC1CCCc2sc(-c3ncc(C)cn3)nc21. The molecule has 0 aliphatic heterocycles. The van der Waals surface area contributed by atoms with E-state index in [4.69, 9.17) is 4.98 Å². The van der Waals surface area contributed by atoms with Crippen molar-refractivity contribution in [2.24, 2.45) is 0 Å². The van der Waals surface area contributed by atoms with Crippen LogP contribution in [0.15, 0.2) is 12.4 Å². The lowest BCUT2D eigenvalue weighted by Gasteiger charge is -2.20. The first-order valence-corrected chi connectivity index (χ1v) is 7.53. The van der Waals surface area contributed by atoms with Gasteiger partial charge in [-0.1, -0.05) is 0 Å². The zero-order chi connectivity index (χ0) is 13.2. The molecule has 1 atom stereocenters. The van der Waals surface area contributed by atoms with Crippen molar-refractivity contribution in [3.8, 4) is 10.8 Å². The third kappa shape index (κ3) is 2.53. The van der Waals surface area contributed by atoms with E-state index in [2.05, 4.69) is 15.3 Å². The molecule has 2 aromatic heterocycles. The van der Waals surface area contributed by atoms with Gasteiger partial charge in [-0.2, -0.15) is 0 Å². The lowest BCUT2D eigenvalue weighted by molar-refractivity contribution is 0.523. The number of likely N-dealkylation sites (N-methyl/N-ethyl adjacent to an activating group) is 1. The monoisotopic (exact) mass is 274 g/mol. The van der Waals surface area contributed by atoms with Gasteiger partial charge >= 0.3 is 0 Å². The molecule has 2 heterocycles. The van der Waals surface area contributed by atoms with Crippen LogP contribution in [0, 0.1) is 6.92 Å². The molecule has 0 spiro atoms. The number of fused-ring (bicyclic) bond motifs is 1. The standard InChI is InChI=1S/C14H18N4S/c1-9-6-16-13(17-7-9)14-18-12-10(8-15-2)4-3-5-11(12)19-14/h6-7,10,15H,3-5,8H2,1-2H3. The molecule has 100 valence electrons. The van der Waals surface area contributed by atoms with Crippen molar-refractivity contribution >= 4 is 11.3 Å². The van der Waals surface area contributed by atoms with E-state index < -0.39 is 0 Å². The Bertz CT molecular complexity index is 561. The number of thiazole rings is 1.